The summed E-state index contributed by atoms with van der Waals surface area (Å²) in [4.78, 5) is 31.2. The fourth-order valence-electron chi connectivity index (χ4n) is 3.32. The SMILES string of the molecule is Cn1ccc(N2CCC[C@@H](NC(=O)N[C@@H](c3nccs3)C3CC3)C2=O)n1. The number of aryl methyl sites for hydroxylation is 1. The van der Waals surface area contributed by atoms with E-state index in [2.05, 4.69) is 20.7 Å². The van der Waals surface area contributed by atoms with Gasteiger partial charge < -0.3 is 10.6 Å². The lowest BCUT2D eigenvalue weighted by molar-refractivity contribution is -0.121. The molecule has 2 aliphatic rings. The molecule has 1 saturated heterocycles. The molecule has 0 unspecified atom stereocenters. The van der Waals surface area contributed by atoms with Crippen molar-refractivity contribution in [2.75, 3.05) is 11.4 Å². The Labute approximate surface area is 155 Å². The Balaban J connectivity index is 1.39. The zero-order valence-corrected chi connectivity index (χ0v) is 15.4. The van der Waals surface area contributed by atoms with Gasteiger partial charge in [0.25, 0.3) is 5.91 Å². The largest absolute Gasteiger partial charge is 0.329 e. The zero-order valence-electron chi connectivity index (χ0n) is 14.6. The first-order valence-electron chi connectivity index (χ1n) is 8.89. The normalized spacial score (nSPS) is 21.5. The monoisotopic (exact) mass is 374 g/mol. The van der Waals surface area contributed by atoms with Crippen LogP contribution in [0.5, 0.6) is 0 Å². The molecule has 2 atom stereocenters. The highest BCUT2D eigenvalue weighted by Gasteiger charge is 2.36. The summed E-state index contributed by atoms with van der Waals surface area (Å²) in [5.74, 6) is 0.962. The summed E-state index contributed by atoms with van der Waals surface area (Å²) in [6, 6.07) is 0.909. The van der Waals surface area contributed by atoms with Gasteiger partial charge in [-0.2, -0.15) is 5.10 Å². The number of nitrogens with zero attached hydrogens (tertiary/aromatic N) is 4. The fraction of sp³-hybridized carbons (Fsp3) is 0.529. The Hall–Kier alpha value is -2.42. The van der Waals surface area contributed by atoms with E-state index in [9.17, 15) is 9.59 Å². The summed E-state index contributed by atoms with van der Waals surface area (Å²) in [7, 11) is 1.82. The molecule has 8 nitrogen and oxygen atoms in total. The number of carbonyl (C=O) groups is 2. The molecule has 26 heavy (non-hydrogen) atoms. The number of aromatic nitrogens is 3. The van der Waals surface area contributed by atoms with Crippen LogP contribution in [0.1, 0.15) is 36.7 Å². The highest BCUT2D eigenvalue weighted by molar-refractivity contribution is 7.09. The van der Waals surface area contributed by atoms with E-state index >= 15 is 0 Å². The smallest absolute Gasteiger partial charge is 0.316 e. The average molecular weight is 374 g/mol. The van der Waals surface area contributed by atoms with Gasteiger partial charge in [-0.05, 0) is 31.6 Å². The third kappa shape index (κ3) is 3.57. The van der Waals surface area contributed by atoms with E-state index in [1.165, 1.54) is 0 Å². The van der Waals surface area contributed by atoms with E-state index in [-0.39, 0.29) is 18.0 Å². The van der Waals surface area contributed by atoms with Gasteiger partial charge in [0.2, 0.25) is 0 Å². The molecule has 9 heteroatoms. The van der Waals surface area contributed by atoms with Crippen molar-refractivity contribution in [1.82, 2.24) is 25.4 Å². The van der Waals surface area contributed by atoms with Gasteiger partial charge in [0.1, 0.15) is 11.0 Å². The molecule has 1 aliphatic carbocycles. The zero-order chi connectivity index (χ0) is 18.1. The first kappa shape index (κ1) is 17.0. The first-order chi connectivity index (χ1) is 12.6. The predicted molar refractivity (Wildman–Crippen MR) is 97.8 cm³/mol. The molecule has 4 rings (SSSR count). The van der Waals surface area contributed by atoms with Gasteiger partial charge in [-0.25, -0.2) is 9.78 Å². The Bertz CT molecular complexity index is 785. The number of nitrogens with one attached hydrogen (secondary N) is 2. The van der Waals surface area contributed by atoms with Crippen molar-refractivity contribution in [2.45, 2.75) is 37.8 Å². The average Bonchev–Trinajstić information content (AvgIpc) is 3.13. The minimum absolute atomic E-state index is 0.0689. The maximum absolute atomic E-state index is 12.8. The van der Waals surface area contributed by atoms with E-state index in [0.29, 0.717) is 24.7 Å². The number of hydrogen-bond donors (Lipinski definition) is 2. The van der Waals surface area contributed by atoms with Gasteiger partial charge in [0, 0.05) is 37.4 Å². The highest BCUT2D eigenvalue weighted by Crippen LogP contribution is 2.41. The molecule has 1 aliphatic heterocycles. The fourth-order valence-corrected chi connectivity index (χ4v) is 4.10. The highest BCUT2D eigenvalue weighted by atomic mass is 32.1. The Kier molecular flexibility index (Phi) is 4.62. The second kappa shape index (κ2) is 7.06. The molecule has 2 N–H and O–H groups in total. The van der Waals surface area contributed by atoms with Crippen LogP contribution in [0.15, 0.2) is 23.8 Å². The predicted octanol–water partition coefficient (Wildman–Crippen LogP) is 1.82. The molecule has 0 spiro atoms. The van der Waals surface area contributed by atoms with E-state index in [4.69, 9.17) is 0 Å². The molecular formula is C17H22N6O2S. The number of amides is 3. The second-order valence-corrected chi connectivity index (χ2v) is 7.76. The molecule has 3 amide bonds. The topological polar surface area (TPSA) is 92.1 Å². The van der Waals surface area contributed by atoms with E-state index < -0.39 is 6.04 Å². The minimum Gasteiger partial charge on any atom is -0.329 e. The van der Waals surface area contributed by atoms with E-state index in [1.807, 2.05) is 18.5 Å². The van der Waals surface area contributed by atoms with Crippen molar-refractivity contribution >= 4 is 29.1 Å². The molecule has 0 aromatic carbocycles. The van der Waals surface area contributed by atoms with Gasteiger partial charge >= 0.3 is 6.03 Å². The first-order valence-corrected chi connectivity index (χ1v) is 9.77. The van der Waals surface area contributed by atoms with Gasteiger partial charge in [0.05, 0.1) is 6.04 Å². The van der Waals surface area contributed by atoms with Crippen molar-refractivity contribution in [3.05, 3.63) is 28.8 Å². The number of thiazole rings is 1. The van der Waals surface area contributed by atoms with Crippen molar-refractivity contribution in [3.8, 4) is 0 Å². The van der Waals surface area contributed by atoms with Crippen LogP contribution in [0, 0.1) is 5.92 Å². The van der Waals surface area contributed by atoms with E-state index in [0.717, 1.165) is 24.3 Å². The van der Waals surface area contributed by atoms with Crippen molar-refractivity contribution in [1.29, 1.82) is 0 Å². The van der Waals surface area contributed by atoms with Gasteiger partial charge in [-0.15, -0.1) is 11.3 Å². The summed E-state index contributed by atoms with van der Waals surface area (Å²) >= 11 is 1.55. The molecule has 1 saturated carbocycles. The van der Waals surface area contributed by atoms with E-state index in [1.54, 1.807) is 33.3 Å². The summed E-state index contributed by atoms with van der Waals surface area (Å²) in [5.41, 5.74) is 0. The Morgan fingerprint density at radius 3 is 2.88 bits per heavy atom. The third-order valence-electron chi connectivity index (χ3n) is 4.82. The quantitative estimate of drug-likeness (QED) is 0.835. The molecule has 2 aromatic heterocycles. The summed E-state index contributed by atoms with van der Waals surface area (Å²) in [6.45, 7) is 0.624. The molecule has 138 valence electrons. The Morgan fingerprint density at radius 1 is 1.38 bits per heavy atom. The van der Waals surface area contributed by atoms with Crippen LogP contribution >= 0.6 is 11.3 Å². The molecule has 3 heterocycles. The number of urea groups is 1. The lowest BCUT2D eigenvalue weighted by Crippen LogP contribution is -2.55. The van der Waals surface area contributed by atoms with Crippen LogP contribution in [0.25, 0.3) is 0 Å². The lowest BCUT2D eigenvalue weighted by atomic mass is 10.0. The number of carbonyl (C=O) groups excluding carboxylic acids is 2. The lowest BCUT2D eigenvalue weighted by Gasteiger charge is -2.31. The maximum atomic E-state index is 12.8. The van der Waals surface area contributed by atoms with Crippen LogP contribution in [0.4, 0.5) is 10.6 Å². The van der Waals surface area contributed by atoms with Crippen LogP contribution in [0.2, 0.25) is 0 Å². The standard InChI is InChI=1S/C17H22N6O2S/c1-22-9-6-13(21-22)23-8-2-3-12(16(23)24)19-17(25)20-14(11-4-5-11)15-18-7-10-26-15/h6-7,9-12,14H,2-5,8H2,1H3,(H2,19,20,25)/t12-,14-/m1/s1. The van der Waals surface area contributed by atoms with Crippen molar-refractivity contribution in [2.24, 2.45) is 13.0 Å². The number of hydrogen-bond acceptors (Lipinski definition) is 5. The number of rotatable bonds is 5. The van der Waals surface area contributed by atoms with Crippen molar-refractivity contribution < 1.29 is 9.59 Å². The number of anilines is 1. The molecular weight excluding hydrogens is 352 g/mol. The van der Waals surface area contributed by atoms with Gasteiger partial charge in [-0.3, -0.25) is 14.4 Å². The summed E-state index contributed by atoms with van der Waals surface area (Å²) in [5, 5.41) is 13.0. The molecule has 0 radical (unpaired) electrons. The molecule has 2 fully saturated rings. The van der Waals surface area contributed by atoms with Crippen LogP contribution in [-0.4, -0.2) is 39.3 Å². The number of piperidine rings is 1. The van der Waals surface area contributed by atoms with Crippen LogP contribution < -0.4 is 15.5 Å². The minimum atomic E-state index is -0.526. The van der Waals surface area contributed by atoms with Gasteiger partial charge in [-0.1, -0.05) is 0 Å². The summed E-state index contributed by atoms with van der Waals surface area (Å²) < 4.78 is 1.67. The summed E-state index contributed by atoms with van der Waals surface area (Å²) in [6.07, 6.45) is 7.22. The van der Waals surface area contributed by atoms with Gasteiger partial charge in [0.15, 0.2) is 5.82 Å². The maximum Gasteiger partial charge on any atom is 0.316 e. The molecule has 0 bridgehead atoms. The second-order valence-electron chi connectivity index (χ2n) is 6.84. The molecule has 2 aromatic rings. The van der Waals surface area contributed by atoms with Crippen molar-refractivity contribution in [3.63, 3.8) is 0 Å². The third-order valence-corrected chi connectivity index (χ3v) is 5.68. The Morgan fingerprint density at radius 2 is 2.23 bits per heavy atom. The van der Waals surface area contributed by atoms with Crippen LogP contribution in [0.3, 0.4) is 0 Å². The van der Waals surface area contributed by atoms with Crippen LogP contribution in [-0.2, 0) is 11.8 Å².